The number of carbonyl (C=O) groups is 1. The Morgan fingerprint density at radius 3 is 2.45 bits per heavy atom. The monoisotopic (exact) mass is 398 g/mol. The van der Waals surface area contributed by atoms with E-state index in [4.69, 9.17) is 4.74 Å². The molecule has 0 radical (unpaired) electrons. The number of hydrogen-bond donors (Lipinski definition) is 1. The van der Waals surface area contributed by atoms with Crippen LogP contribution in [0.3, 0.4) is 0 Å². The Hall–Kier alpha value is -2.90. The summed E-state index contributed by atoms with van der Waals surface area (Å²) < 4.78 is 7.30. The zero-order valence-electron chi connectivity index (χ0n) is 17.3. The van der Waals surface area contributed by atoms with Crippen molar-refractivity contribution in [2.75, 3.05) is 56.2 Å². The number of ether oxygens (including phenoxy) is 1. The molecule has 4 rings (SSSR count). The van der Waals surface area contributed by atoms with Crippen LogP contribution in [0.15, 0.2) is 36.7 Å². The highest BCUT2D eigenvalue weighted by Crippen LogP contribution is 2.29. The maximum atomic E-state index is 12.7. The molecule has 0 unspecified atom stereocenters. The minimum absolute atomic E-state index is 0.0616. The van der Waals surface area contributed by atoms with Crippen LogP contribution in [0.1, 0.15) is 12.8 Å². The number of piperidine rings is 1. The largest absolute Gasteiger partial charge is 0.495 e. The van der Waals surface area contributed by atoms with Crippen LogP contribution < -0.4 is 19.9 Å². The molecule has 0 saturated carbocycles. The highest BCUT2D eigenvalue weighted by Gasteiger charge is 2.26. The number of aromatic nitrogens is 2. The molecule has 8 heteroatoms. The summed E-state index contributed by atoms with van der Waals surface area (Å²) in [6.07, 6.45) is 5.79. The van der Waals surface area contributed by atoms with Gasteiger partial charge in [-0.15, -0.1) is 0 Å². The Balaban J connectivity index is 1.24. The van der Waals surface area contributed by atoms with Crippen molar-refractivity contribution in [3.8, 4) is 5.75 Å². The van der Waals surface area contributed by atoms with Crippen LogP contribution in [-0.2, 0) is 7.05 Å². The number of aryl methyl sites for hydroxylation is 1. The molecule has 2 aliphatic heterocycles. The van der Waals surface area contributed by atoms with Crippen LogP contribution in [0.4, 0.5) is 16.2 Å². The maximum Gasteiger partial charge on any atom is 0.317 e. The smallest absolute Gasteiger partial charge is 0.317 e. The fourth-order valence-corrected chi connectivity index (χ4v) is 4.16. The normalized spacial score (nSPS) is 18.1. The molecule has 156 valence electrons. The molecule has 1 aromatic heterocycles. The topological polar surface area (TPSA) is 65.9 Å². The van der Waals surface area contributed by atoms with E-state index >= 15 is 0 Å². The molecule has 8 nitrogen and oxygen atoms in total. The van der Waals surface area contributed by atoms with Gasteiger partial charge in [0.1, 0.15) is 5.75 Å². The standard InChI is InChI=1S/C21H30N6O2/c1-24-16-18(15-22-24)25-11-13-27(14-12-25)21(28)23-17-7-9-26(10-8-17)19-5-3-4-6-20(19)29-2/h3-6,15-17H,7-14H2,1-2H3,(H,23,28). The van der Waals surface area contributed by atoms with E-state index in [0.717, 1.165) is 69.2 Å². The van der Waals surface area contributed by atoms with Gasteiger partial charge >= 0.3 is 6.03 Å². The molecule has 0 atom stereocenters. The van der Waals surface area contributed by atoms with Gasteiger partial charge in [-0.1, -0.05) is 12.1 Å². The minimum Gasteiger partial charge on any atom is -0.495 e. The average Bonchev–Trinajstić information content (AvgIpc) is 3.20. The van der Waals surface area contributed by atoms with Gasteiger partial charge in [-0.05, 0) is 25.0 Å². The molecule has 2 aliphatic rings. The van der Waals surface area contributed by atoms with Crippen molar-refractivity contribution in [3.63, 3.8) is 0 Å². The number of carbonyl (C=O) groups excluding carboxylic acids is 1. The Kier molecular flexibility index (Phi) is 5.78. The number of methoxy groups -OCH3 is 1. The molecule has 2 aromatic rings. The summed E-state index contributed by atoms with van der Waals surface area (Å²) in [5, 5.41) is 7.47. The second-order valence-electron chi connectivity index (χ2n) is 7.73. The van der Waals surface area contributed by atoms with Crippen LogP contribution in [0.5, 0.6) is 5.75 Å². The predicted octanol–water partition coefficient (Wildman–Crippen LogP) is 1.93. The highest BCUT2D eigenvalue weighted by molar-refractivity contribution is 5.75. The molecule has 29 heavy (non-hydrogen) atoms. The molecule has 1 aromatic carbocycles. The van der Waals surface area contributed by atoms with E-state index in [-0.39, 0.29) is 12.1 Å². The van der Waals surface area contributed by atoms with E-state index in [0.29, 0.717) is 0 Å². The number of piperazine rings is 1. The molecular weight excluding hydrogens is 368 g/mol. The first-order chi connectivity index (χ1) is 14.1. The van der Waals surface area contributed by atoms with Gasteiger partial charge in [-0.3, -0.25) is 4.68 Å². The molecule has 2 amide bonds. The number of rotatable bonds is 4. The fraction of sp³-hybridized carbons (Fsp3) is 0.524. The van der Waals surface area contributed by atoms with Gasteiger partial charge < -0.3 is 24.8 Å². The number of para-hydroxylation sites is 2. The van der Waals surface area contributed by atoms with Crippen molar-refractivity contribution in [1.29, 1.82) is 0 Å². The van der Waals surface area contributed by atoms with Crippen molar-refractivity contribution in [2.24, 2.45) is 7.05 Å². The molecule has 3 heterocycles. The second kappa shape index (κ2) is 8.63. The summed E-state index contributed by atoms with van der Waals surface area (Å²) in [5.74, 6) is 0.904. The summed E-state index contributed by atoms with van der Waals surface area (Å²) in [7, 11) is 3.63. The van der Waals surface area contributed by atoms with Gasteiger partial charge in [0.05, 0.1) is 24.7 Å². The number of nitrogens with one attached hydrogen (secondary N) is 1. The van der Waals surface area contributed by atoms with Crippen molar-refractivity contribution in [2.45, 2.75) is 18.9 Å². The summed E-state index contributed by atoms with van der Waals surface area (Å²) >= 11 is 0. The minimum atomic E-state index is 0.0616. The molecule has 2 fully saturated rings. The number of benzene rings is 1. The predicted molar refractivity (Wildman–Crippen MR) is 114 cm³/mol. The van der Waals surface area contributed by atoms with Gasteiger partial charge in [0.25, 0.3) is 0 Å². The first-order valence-electron chi connectivity index (χ1n) is 10.3. The molecule has 1 N–H and O–H groups in total. The lowest BCUT2D eigenvalue weighted by molar-refractivity contribution is 0.188. The fourth-order valence-electron chi connectivity index (χ4n) is 4.16. The number of hydrogen-bond acceptors (Lipinski definition) is 5. The van der Waals surface area contributed by atoms with E-state index in [9.17, 15) is 4.79 Å². The Morgan fingerprint density at radius 2 is 1.79 bits per heavy atom. The molecule has 0 spiro atoms. The Morgan fingerprint density at radius 1 is 1.07 bits per heavy atom. The zero-order valence-corrected chi connectivity index (χ0v) is 17.3. The van der Waals surface area contributed by atoms with Crippen LogP contribution in [-0.4, -0.2) is 73.1 Å². The van der Waals surface area contributed by atoms with Crippen molar-refractivity contribution in [1.82, 2.24) is 20.0 Å². The van der Waals surface area contributed by atoms with Gasteiger partial charge in [0.2, 0.25) is 0 Å². The first-order valence-corrected chi connectivity index (χ1v) is 10.3. The molecular formula is C21H30N6O2. The molecule has 0 bridgehead atoms. The number of amides is 2. The SMILES string of the molecule is COc1ccccc1N1CCC(NC(=O)N2CCN(c3cnn(C)c3)CC2)CC1. The number of nitrogens with zero attached hydrogens (tertiary/aromatic N) is 5. The summed E-state index contributed by atoms with van der Waals surface area (Å²) in [4.78, 5) is 19.3. The highest BCUT2D eigenvalue weighted by atomic mass is 16.5. The van der Waals surface area contributed by atoms with Crippen LogP contribution >= 0.6 is 0 Å². The Bertz CT molecular complexity index is 822. The maximum absolute atomic E-state index is 12.7. The van der Waals surface area contributed by atoms with Gasteiger partial charge in [-0.25, -0.2) is 4.79 Å². The third kappa shape index (κ3) is 4.41. The lowest BCUT2D eigenvalue weighted by Gasteiger charge is -2.38. The van der Waals surface area contributed by atoms with Gasteiger partial charge in [0, 0.05) is 58.6 Å². The second-order valence-corrected chi connectivity index (χ2v) is 7.73. The van der Waals surface area contributed by atoms with Crippen molar-refractivity contribution in [3.05, 3.63) is 36.7 Å². The number of anilines is 2. The van der Waals surface area contributed by atoms with Crippen LogP contribution in [0.25, 0.3) is 0 Å². The summed E-state index contributed by atoms with van der Waals surface area (Å²) in [5.41, 5.74) is 2.25. The average molecular weight is 399 g/mol. The van der Waals surface area contributed by atoms with Crippen LogP contribution in [0.2, 0.25) is 0 Å². The van der Waals surface area contributed by atoms with E-state index < -0.39 is 0 Å². The van der Waals surface area contributed by atoms with E-state index in [1.807, 2.05) is 47.2 Å². The van der Waals surface area contributed by atoms with E-state index in [2.05, 4.69) is 26.3 Å². The summed E-state index contributed by atoms with van der Waals surface area (Å²) in [6, 6.07) is 8.41. The van der Waals surface area contributed by atoms with E-state index in [1.165, 1.54) is 0 Å². The number of urea groups is 1. The van der Waals surface area contributed by atoms with Gasteiger partial charge in [-0.2, -0.15) is 5.10 Å². The Labute approximate surface area is 172 Å². The summed E-state index contributed by atoms with van der Waals surface area (Å²) in [6.45, 7) is 4.98. The third-order valence-electron chi connectivity index (χ3n) is 5.87. The molecule has 2 saturated heterocycles. The quantitative estimate of drug-likeness (QED) is 0.853. The van der Waals surface area contributed by atoms with E-state index in [1.54, 1.807) is 7.11 Å². The van der Waals surface area contributed by atoms with Gasteiger partial charge in [0.15, 0.2) is 0 Å². The zero-order chi connectivity index (χ0) is 20.2. The first kappa shape index (κ1) is 19.4. The van der Waals surface area contributed by atoms with Crippen molar-refractivity contribution < 1.29 is 9.53 Å². The third-order valence-corrected chi connectivity index (χ3v) is 5.87. The lowest BCUT2D eigenvalue weighted by atomic mass is 10.0. The lowest BCUT2D eigenvalue weighted by Crippen LogP contribution is -2.55. The van der Waals surface area contributed by atoms with Crippen LogP contribution in [0, 0.1) is 0 Å². The van der Waals surface area contributed by atoms with Crippen molar-refractivity contribution >= 4 is 17.4 Å². The molecule has 0 aliphatic carbocycles.